The van der Waals surface area contributed by atoms with Crippen molar-refractivity contribution >= 4 is 22.5 Å². The van der Waals surface area contributed by atoms with Crippen LogP contribution in [-0.4, -0.2) is 4.57 Å². The lowest BCUT2D eigenvalue weighted by atomic mass is 10.0. The van der Waals surface area contributed by atoms with Gasteiger partial charge in [-0.15, -0.1) is 0 Å². The zero-order valence-electron chi connectivity index (χ0n) is 17.8. The van der Waals surface area contributed by atoms with Crippen molar-refractivity contribution in [3.63, 3.8) is 0 Å². The lowest BCUT2D eigenvalue weighted by Crippen LogP contribution is -2.12. The Morgan fingerprint density at radius 2 is 1.38 bits per heavy atom. The molecule has 0 fully saturated rings. The number of nitrogens with one attached hydrogen (secondary N) is 1. The molecule has 3 heteroatoms. The van der Waals surface area contributed by atoms with Crippen LogP contribution in [0.3, 0.4) is 0 Å². The number of nitrogens with zero attached hydrogens (tertiary/aromatic N) is 1. The summed E-state index contributed by atoms with van der Waals surface area (Å²) in [4.78, 5) is 0. The zero-order chi connectivity index (χ0) is 21.8. The van der Waals surface area contributed by atoms with Gasteiger partial charge in [0.15, 0.2) is 0 Å². The third kappa shape index (κ3) is 4.62. The van der Waals surface area contributed by atoms with Crippen LogP contribution in [0.2, 0.25) is 5.02 Å². The van der Waals surface area contributed by atoms with Gasteiger partial charge in [0.2, 0.25) is 0 Å². The highest BCUT2D eigenvalue weighted by Crippen LogP contribution is 2.29. The first-order chi connectivity index (χ1) is 15.8. The first-order valence-electron chi connectivity index (χ1n) is 10.9. The van der Waals surface area contributed by atoms with E-state index >= 15 is 0 Å². The van der Waals surface area contributed by atoms with Crippen LogP contribution in [0.5, 0.6) is 0 Å². The summed E-state index contributed by atoms with van der Waals surface area (Å²) in [5, 5.41) is 5.68. The van der Waals surface area contributed by atoms with E-state index in [9.17, 15) is 0 Å². The molecule has 0 spiro atoms. The number of benzene rings is 4. The zero-order valence-corrected chi connectivity index (χ0v) is 18.6. The number of hydrogen-bond donors (Lipinski definition) is 1. The summed E-state index contributed by atoms with van der Waals surface area (Å²) in [7, 11) is 0. The van der Waals surface area contributed by atoms with Crippen molar-refractivity contribution in [3.8, 4) is 11.1 Å². The van der Waals surface area contributed by atoms with E-state index in [0.717, 1.165) is 24.7 Å². The summed E-state index contributed by atoms with van der Waals surface area (Å²) in [6.45, 7) is 2.47. The average Bonchev–Trinajstić information content (AvgIpc) is 3.18. The van der Waals surface area contributed by atoms with Gasteiger partial charge in [-0.2, -0.15) is 0 Å². The largest absolute Gasteiger partial charge is 0.343 e. The molecule has 0 unspecified atom stereocenters. The maximum atomic E-state index is 6.02. The lowest BCUT2D eigenvalue weighted by molar-refractivity contribution is 0.692. The van der Waals surface area contributed by atoms with Crippen molar-refractivity contribution in [1.29, 1.82) is 0 Å². The summed E-state index contributed by atoms with van der Waals surface area (Å²) >= 11 is 6.02. The fourth-order valence-electron chi connectivity index (χ4n) is 4.18. The van der Waals surface area contributed by atoms with E-state index < -0.39 is 0 Å². The van der Waals surface area contributed by atoms with Crippen LogP contribution in [0.15, 0.2) is 109 Å². The molecule has 0 aliphatic carbocycles. The minimum absolute atomic E-state index is 0.770. The van der Waals surface area contributed by atoms with Crippen LogP contribution in [-0.2, 0) is 19.6 Å². The van der Waals surface area contributed by atoms with Crippen LogP contribution in [0.25, 0.3) is 22.0 Å². The third-order valence-electron chi connectivity index (χ3n) is 5.82. The van der Waals surface area contributed by atoms with E-state index in [-0.39, 0.29) is 0 Å². The molecular weight excluding hydrogens is 412 g/mol. The van der Waals surface area contributed by atoms with Gasteiger partial charge in [-0.25, -0.2) is 0 Å². The van der Waals surface area contributed by atoms with Gasteiger partial charge in [0, 0.05) is 41.8 Å². The fourth-order valence-corrected chi connectivity index (χ4v) is 4.30. The van der Waals surface area contributed by atoms with Gasteiger partial charge in [-0.1, -0.05) is 90.5 Å². The molecule has 2 nitrogen and oxygen atoms in total. The molecule has 4 aromatic carbocycles. The number of fused-ring (bicyclic) bond motifs is 1. The topological polar surface area (TPSA) is 17.0 Å². The van der Waals surface area contributed by atoms with Crippen LogP contribution in [0.4, 0.5) is 0 Å². The normalized spacial score (nSPS) is 11.2. The molecule has 32 heavy (non-hydrogen) atoms. The van der Waals surface area contributed by atoms with Gasteiger partial charge in [0.05, 0.1) is 0 Å². The van der Waals surface area contributed by atoms with Crippen LogP contribution in [0.1, 0.15) is 16.7 Å². The Kier molecular flexibility index (Phi) is 6.06. The Morgan fingerprint density at radius 3 is 2.12 bits per heavy atom. The number of hydrogen-bond acceptors (Lipinski definition) is 1. The minimum Gasteiger partial charge on any atom is -0.343 e. The van der Waals surface area contributed by atoms with Gasteiger partial charge in [0.25, 0.3) is 0 Å². The molecule has 5 aromatic rings. The van der Waals surface area contributed by atoms with Gasteiger partial charge < -0.3 is 9.88 Å². The Bertz CT molecular complexity index is 1310. The molecule has 1 heterocycles. The minimum atomic E-state index is 0.770. The van der Waals surface area contributed by atoms with Crippen LogP contribution >= 0.6 is 11.6 Å². The summed E-state index contributed by atoms with van der Waals surface area (Å²) in [5.41, 5.74) is 7.59. The molecule has 0 saturated heterocycles. The van der Waals surface area contributed by atoms with Gasteiger partial charge in [0.1, 0.15) is 0 Å². The van der Waals surface area contributed by atoms with Gasteiger partial charge in [-0.05, 0) is 52.1 Å². The Hall–Kier alpha value is -3.33. The van der Waals surface area contributed by atoms with Gasteiger partial charge in [-0.3, -0.25) is 0 Å². The molecule has 0 amide bonds. The van der Waals surface area contributed by atoms with Gasteiger partial charge >= 0.3 is 0 Å². The standard InChI is InChI=1S/C29H25ClN2/c30-27-14-11-22(12-15-27)18-31-19-26-21-32(20-23-7-3-1-4-8-23)29-16-13-25(17-28(26)29)24-9-5-2-6-10-24/h1-17,21,31H,18-20H2. The highest BCUT2D eigenvalue weighted by atomic mass is 35.5. The fraction of sp³-hybridized carbons (Fsp3) is 0.103. The van der Waals surface area contributed by atoms with Crippen molar-refractivity contribution in [1.82, 2.24) is 9.88 Å². The smallest absolute Gasteiger partial charge is 0.0487 e. The summed E-state index contributed by atoms with van der Waals surface area (Å²) in [5.74, 6) is 0. The van der Waals surface area contributed by atoms with Crippen molar-refractivity contribution in [2.45, 2.75) is 19.6 Å². The van der Waals surface area contributed by atoms with E-state index in [4.69, 9.17) is 11.6 Å². The summed E-state index contributed by atoms with van der Waals surface area (Å²) < 4.78 is 2.36. The molecule has 5 rings (SSSR count). The first-order valence-corrected chi connectivity index (χ1v) is 11.3. The molecule has 0 aliphatic rings. The highest BCUT2D eigenvalue weighted by Gasteiger charge is 2.11. The van der Waals surface area contributed by atoms with Crippen molar-refractivity contribution < 1.29 is 0 Å². The molecule has 0 aliphatic heterocycles. The molecule has 0 atom stereocenters. The predicted octanol–water partition coefficient (Wildman–Crippen LogP) is 7.30. The second kappa shape index (κ2) is 9.44. The first kappa shape index (κ1) is 20.6. The third-order valence-corrected chi connectivity index (χ3v) is 6.08. The molecule has 1 N–H and O–H groups in total. The van der Waals surface area contributed by atoms with E-state index in [2.05, 4.69) is 107 Å². The molecule has 0 saturated carbocycles. The maximum Gasteiger partial charge on any atom is 0.0487 e. The van der Waals surface area contributed by atoms with E-state index in [1.54, 1.807) is 0 Å². The molecule has 0 bridgehead atoms. The Morgan fingerprint density at radius 1 is 0.656 bits per heavy atom. The lowest BCUT2D eigenvalue weighted by Gasteiger charge is -2.07. The Balaban J connectivity index is 1.46. The van der Waals surface area contributed by atoms with Crippen molar-refractivity contribution in [2.24, 2.45) is 0 Å². The quantitative estimate of drug-likeness (QED) is 0.283. The van der Waals surface area contributed by atoms with Crippen LogP contribution in [0, 0.1) is 0 Å². The Labute approximate surface area is 194 Å². The van der Waals surface area contributed by atoms with E-state index in [0.29, 0.717) is 0 Å². The molecule has 158 valence electrons. The number of halogens is 1. The van der Waals surface area contributed by atoms with E-state index in [1.807, 2.05) is 12.1 Å². The van der Waals surface area contributed by atoms with Crippen molar-refractivity contribution in [2.75, 3.05) is 0 Å². The monoisotopic (exact) mass is 436 g/mol. The number of rotatable bonds is 7. The molecule has 1 aromatic heterocycles. The average molecular weight is 437 g/mol. The molecule has 0 radical (unpaired) electrons. The highest BCUT2D eigenvalue weighted by molar-refractivity contribution is 6.30. The SMILES string of the molecule is Clc1ccc(CNCc2cn(Cc3ccccc3)c3ccc(-c4ccccc4)cc23)cc1. The summed E-state index contributed by atoms with van der Waals surface area (Å²) in [6, 6.07) is 36.0. The maximum absolute atomic E-state index is 6.02. The second-order valence-corrected chi connectivity index (χ2v) is 8.53. The van der Waals surface area contributed by atoms with Crippen molar-refractivity contribution in [3.05, 3.63) is 131 Å². The second-order valence-electron chi connectivity index (χ2n) is 8.10. The number of aromatic nitrogens is 1. The van der Waals surface area contributed by atoms with E-state index in [1.165, 1.54) is 38.7 Å². The van der Waals surface area contributed by atoms with Crippen LogP contribution < -0.4 is 5.32 Å². The molecular formula is C29H25ClN2. The predicted molar refractivity (Wildman–Crippen MR) is 135 cm³/mol. The summed E-state index contributed by atoms with van der Waals surface area (Å²) in [6.07, 6.45) is 2.29.